The summed E-state index contributed by atoms with van der Waals surface area (Å²) in [6.45, 7) is 4.35. The van der Waals surface area contributed by atoms with Crippen LogP contribution in [-0.2, 0) is 16.4 Å². The second-order valence-electron chi connectivity index (χ2n) is 6.74. The van der Waals surface area contributed by atoms with Crippen molar-refractivity contribution in [3.05, 3.63) is 46.0 Å². The lowest BCUT2D eigenvalue weighted by Gasteiger charge is -2.15. The Hall–Kier alpha value is -2.23. The quantitative estimate of drug-likeness (QED) is 0.633. The highest BCUT2D eigenvalue weighted by Gasteiger charge is 2.30. The van der Waals surface area contributed by atoms with Crippen LogP contribution in [0.1, 0.15) is 17.0 Å². The number of sulfone groups is 1. The number of hydrogen-bond acceptors (Lipinski definition) is 6. The molecule has 150 valence electrons. The van der Waals surface area contributed by atoms with E-state index in [1.807, 2.05) is 32.8 Å². The molecule has 0 saturated heterocycles. The van der Waals surface area contributed by atoms with Gasteiger partial charge < -0.3 is 10.2 Å². The third kappa shape index (κ3) is 3.34. The van der Waals surface area contributed by atoms with Crippen LogP contribution in [-0.4, -0.2) is 49.1 Å². The summed E-state index contributed by atoms with van der Waals surface area (Å²) < 4.78 is 41.7. The van der Waals surface area contributed by atoms with Gasteiger partial charge in [-0.25, -0.2) is 22.3 Å². The number of benzene rings is 1. The maximum absolute atomic E-state index is 13.5. The molecule has 7 nitrogen and oxygen atoms in total. The topological polar surface area (TPSA) is 79.6 Å². The van der Waals surface area contributed by atoms with Crippen LogP contribution in [0, 0.1) is 19.7 Å². The summed E-state index contributed by atoms with van der Waals surface area (Å²) in [5.41, 5.74) is 2.69. The lowest BCUT2D eigenvalue weighted by atomic mass is 10.1. The first-order valence-corrected chi connectivity index (χ1v) is 10.4. The normalized spacial score (nSPS) is 12.1. The molecule has 0 unspecified atom stereocenters. The maximum atomic E-state index is 13.5. The molecule has 2 heterocycles. The smallest absolute Gasteiger partial charge is 0.214 e. The Morgan fingerprint density at radius 1 is 1.29 bits per heavy atom. The largest absolute Gasteiger partial charge is 0.370 e. The number of fused-ring (bicyclic) bond motifs is 1. The lowest BCUT2D eigenvalue weighted by molar-refractivity contribution is 0.398. The van der Waals surface area contributed by atoms with Crippen LogP contribution in [0.25, 0.3) is 5.65 Å². The number of aryl methyl sites for hydroxylation is 2. The van der Waals surface area contributed by atoms with Gasteiger partial charge in [0, 0.05) is 30.5 Å². The summed E-state index contributed by atoms with van der Waals surface area (Å²) in [7, 11) is 1.43. The molecule has 1 aromatic carbocycles. The molecule has 0 fully saturated rings. The van der Waals surface area contributed by atoms with Crippen molar-refractivity contribution < 1.29 is 12.8 Å². The van der Waals surface area contributed by atoms with Gasteiger partial charge in [-0.2, -0.15) is 0 Å². The van der Waals surface area contributed by atoms with Gasteiger partial charge in [0.05, 0.1) is 9.92 Å². The third-order valence-electron chi connectivity index (χ3n) is 4.46. The van der Waals surface area contributed by atoms with E-state index in [-0.39, 0.29) is 26.3 Å². The molecular formula is C18H21ClFN5O2S. The van der Waals surface area contributed by atoms with Gasteiger partial charge in [-0.3, -0.25) is 0 Å². The maximum Gasteiger partial charge on any atom is 0.214 e. The van der Waals surface area contributed by atoms with Gasteiger partial charge in [0.2, 0.25) is 9.84 Å². The second kappa shape index (κ2) is 7.31. The van der Waals surface area contributed by atoms with Gasteiger partial charge in [0.25, 0.3) is 0 Å². The Kier molecular flexibility index (Phi) is 5.35. The van der Waals surface area contributed by atoms with Crippen LogP contribution in [0.4, 0.5) is 10.2 Å². The molecule has 0 spiro atoms. The number of hydrogen-bond donors (Lipinski definition) is 1. The molecule has 0 saturated carbocycles. The SMILES string of the molecule is CNc1nn2c(C)c(CN(C)C)c(C)nc2c1S(=O)(=O)c1ccc(F)c(Cl)c1. The fourth-order valence-electron chi connectivity index (χ4n) is 3.06. The van der Waals surface area contributed by atoms with E-state index in [0.717, 1.165) is 29.1 Å². The Balaban J connectivity index is 2.32. The van der Waals surface area contributed by atoms with E-state index in [1.54, 1.807) is 7.05 Å². The zero-order chi connectivity index (χ0) is 20.8. The number of nitrogens with zero attached hydrogens (tertiary/aromatic N) is 4. The highest BCUT2D eigenvalue weighted by molar-refractivity contribution is 7.91. The predicted molar refractivity (Wildman–Crippen MR) is 106 cm³/mol. The molecule has 0 bridgehead atoms. The van der Waals surface area contributed by atoms with Crippen LogP contribution in [0.2, 0.25) is 5.02 Å². The number of anilines is 1. The zero-order valence-corrected chi connectivity index (χ0v) is 17.8. The van der Waals surface area contributed by atoms with Crippen LogP contribution < -0.4 is 5.32 Å². The molecule has 3 aromatic rings. The second-order valence-corrected chi connectivity index (χ2v) is 9.04. The van der Waals surface area contributed by atoms with Crippen molar-refractivity contribution >= 4 is 32.9 Å². The van der Waals surface area contributed by atoms with Crippen molar-refractivity contribution in [3.8, 4) is 0 Å². The fourth-order valence-corrected chi connectivity index (χ4v) is 4.83. The number of aromatic nitrogens is 3. The monoisotopic (exact) mass is 425 g/mol. The molecule has 28 heavy (non-hydrogen) atoms. The molecule has 2 aromatic heterocycles. The number of halogens is 2. The molecule has 0 radical (unpaired) electrons. The van der Waals surface area contributed by atoms with Crippen molar-refractivity contribution in [1.82, 2.24) is 19.5 Å². The van der Waals surface area contributed by atoms with E-state index >= 15 is 0 Å². The van der Waals surface area contributed by atoms with Gasteiger partial charge in [-0.05, 0) is 46.1 Å². The number of nitrogens with one attached hydrogen (secondary N) is 1. The molecule has 0 atom stereocenters. The first kappa shape index (κ1) is 20.5. The Morgan fingerprint density at radius 3 is 2.54 bits per heavy atom. The van der Waals surface area contributed by atoms with Gasteiger partial charge in [0.1, 0.15) is 5.82 Å². The summed E-state index contributed by atoms with van der Waals surface area (Å²) in [5, 5.41) is 6.97. The van der Waals surface area contributed by atoms with E-state index in [4.69, 9.17) is 11.6 Å². The predicted octanol–water partition coefficient (Wildman–Crippen LogP) is 3.07. The highest BCUT2D eigenvalue weighted by atomic mass is 35.5. The van der Waals surface area contributed by atoms with Crippen molar-refractivity contribution in [2.24, 2.45) is 0 Å². The molecule has 0 aliphatic heterocycles. The number of rotatable bonds is 5. The minimum Gasteiger partial charge on any atom is -0.370 e. The first-order chi connectivity index (χ1) is 13.1. The molecule has 1 N–H and O–H groups in total. The molecular weight excluding hydrogens is 405 g/mol. The van der Waals surface area contributed by atoms with E-state index in [9.17, 15) is 12.8 Å². The fraction of sp³-hybridized carbons (Fsp3) is 0.333. The zero-order valence-electron chi connectivity index (χ0n) is 16.2. The summed E-state index contributed by atoms with van der Waals surface area (Å²) in [6, 6.07) is 3.30. The van der Waals surface area contributed by atoms with Crippen molar-refractivity contribution in [1.29, 1.82) is 0 Å². The van der Waals surface area contributed by atoms with Crippen molar-refractivity contribution in [2.75, 3.05) is 26.5 Å². The first-order valence-electron chi connectivity index (χ1n) is 8.49. The molecule has 3 rings (SSSR count). The lowest BCUT2D eigenvalue weighted by Crippen LogP contribution is -2.16. The van der Waals surface area contributed by atoms with Crippen molar-refractivity contribution in [3.63, 3.8) is 0 Å². The summed E-state index contributed by atoms with van der Waals surface area (Å²) in [4.78, 5) is 6.35. The highest BCUT2D eigenvalue weighted by Crippen LogP contribution is 2.33. The molecule has 0 aliphatic rings. The van der Waals surface area contributed by atoms with Gasteiger partial charge in [0.15, 0.2) is 16.4 Å². The Bertz CT molecular complexity index is 1170. The van der Waals surface area contributed by atoms with Crippen LogP contribution in [0.15, 0.2) is 28.0 Å². The Labute approximate surface area is 168 Å². The standard InChI is InChI=1S/C18H21ClFN5O2S/c1-10-13(9-24(4)5)11(2)25-18(22-10)16(17(21-3)23-25)28(26,27)12-6-7-15(20)14(19)8-12/h6-8H,9H2,1-5H3,(H,21,23). The third-order valence-corrected chi connectivity index (χ3v) is 6.54. The van der Waals surface area contributed by atoms with Crippen LogP contribution in [0.3, 0.4) is 0 Å². The summed E-state index contributed by atoms with van der Waals surface area (Å²) in [5.74, 6) is -0.523. The minimum absolute atomic E-state index is 0.0692. The van der Waals surface area contributed by atoms with E-state index < -0.39 is 15.7 Å². The molecule has 0 amide bonds. The van der Waals surface area contributed by atoms with Crippen molar-refractivity contribution in [2.45, 2.75) is 30.2 Å². The van der Waals surface area contributed by atoms with E-state index in [0.29, 0.717) is 6.54 Å². The van der Waals surface area contributed by atoms with Gasteiger partial charge >= 0.3 is 0 Å². The molecule has 0 aliphatic carbocycles. The minimum atomic E-state index is -4.04. The molecule has 10 heteroatoms. The Morgan fingerprint density at radius 2 is 1.96 bits per heavy atom. The van der Waals surface area contributed by atoms with E-state index in [2.05, 4.69) is 15.4 Å². The summed E-state index contributed by atoms with van der Waals surface area (Å²) in [6.07, 6.45) is 0. The average Bonchev–Trinajstić information content (AvgIpc) is 3.00. The van der Waals surface area contributed by atoms with Gasteiger partial charge in [-0.15, -0.1) is 5.10 Å². The average molecular weight is 426 g/mol. The van der Waals surface area contributed by atoms with Crippen LogP contribution in [0.5, 0.6) is 0 Å². The summed E-state index contributed by atoms with van der Waals surface area (Å²) >= 11 is 5.80. The van der Waals surface area contributed by atoms with E-state index in [1.165, 1.54) is 10.6 Å². The van der Waals surface area contributed by atoms with Gasteiger partial charge in [-0.1, -0.05) is 11.6 Å². The van der Waals surface area contributed by atoms with Crippen LogP contribution >= 0.6 is 11.6 Å².